The van der Waals surface area contributed by atoms with Crippen LogP contribution in [0.1, 0.15) is 5.56 Å². The van der Waals surface area contributed by atoms with Crippen molar-refractivity contribution in [3.8, 4) is 5.69 Å². The summed E-state index contributed by atoms with van der Waals surface area (Å²) in [5, 5.41) is 9.90. The Kier molecular flexibility index (Phi) is 6.27. The van der Waals surface area contributed by atoms with E-state index in [1.807, 2.05) is 67.7 Å². The third-order valence-corrected chi connectivity index (χ3v) is 4.63. The third-order valence-electron chi connectivity index (χ3n) is 3.70. The number of carbonyl (C=O) groups excluding carboxylic acids is 2. The monoisotopic (exact) mass is 380 g/mol. The van der Waals surface area contributed by atoms with E-state index >= 15 is 0 Å². The molecule has 0 unspecified atom stereocenters. The predicted octanol–water partition coefficient (Wildman–Crippen LogP) is 3.49. The minimum atomic E-state index is -0.164. The number of amides is 2. The van der Waals surface area contributed by atoms with Crippen molar-refractivity contribution in [3.63, 3.8) is 0 Å². The molecule has 0 spiro atoms. The topological polar surface area (TPSA) is 76.0 Å². The first-order valence-corrected chi connectivity index (χ1v) is 9.60. The van der Waals surface area contributed by atoms with E-state index in [-0.39, 0.29) is 23.3 Å². The second-order valence-electron chi connectivity index (χ2n) is 5.93. The molecule has 0 fully saturated rings. The van der Waals surface area contributed by atoms with E-state index in [0.29, 0.717) is 5.69 Å². The quantitative estimate of drug-likeness (QED) is 0.658. The van der Waals surface area contributed by atoms with E-state index in [0.717, 1.165) is 16.9 Å². The molecule has 0 aliphatic rings. The Morgan fingerprint density at radius 3 is 2.52 bits per heavy atom. The lowest BCUT2D eigenvalue weighted by Crippen LogP contribution is -2.19. The zero-order valence-electron chi connectivity index (χ0n) is 14.9. The average Bonchev–Trinajstić information content (AvgIpc) is 3.16. The van der Waals surface area contributed by atoms with Gasteiger partial charge in [-0.2, -0.15) is 5.10 Å². The minimum Gasteiger partial charge on any atom is -0.325 e. The van der Waals surface area contributed by atoms with Gasteiger partial charge in [-0.15, -0.1) is 11.8 Å². The zero-order valence-corrected chi connectivity index (χ0v) is 15.7. The van der Waals surface area contributed by atoms with Crippen LogP contribution in [-0.4, -0.2) is 33.1 Å². The Balaban J connectivity index is 1.49. The van der Waals surface area contributed by atoms with Gasteiger partial charge in [0.05, 0.1) is 22.9 Å². The molecule has 0 saturated heterocycles. The Morgan fingerprint density at radius 1 is 1.00 bits per heavy atom. The highest BCUT2D eigenvalue weighted by molar-refractivity contribution is 8.00. The molecular formula is C20H20N4O2S. The highest BCUT2D eigenvalue weighted by Crippen LogP contribution is 2.19. The molecular weight excluding hydrogens is 360 g/mol. The second-order valence-corrected chi connectivity index (χ2v) is 6.91. The second kappa shape index (κ2) is 9.05. The van der Waals surface area contributed by atoms with Crippen LogP contribution < -0.4 is 10.6 Å². The number of anilines is 2. The maximum absolute atomic E-state index is 12.2. The van der Waals surface area contributed by atoms with Gasteiger partial charge in [0.25, 0.3) is 0 Å². The van der Waals surface area contributed by atoms with E-state index < -0.39 is 0 Å². The number of benzene rings is 2. The average molecular weight is 380 g/mol. The van der Waals surface area contributed by atoms with Crippen molar-refractivity contribution in [2.75, 3.05) is 22.1 Å². The summed E-state index contributed by atoms with van der Waals surface area (Å²) in [5.41, 5.74) is 3.31. The van der Waals surface area contributed by atoms with Gasteiger partial charge in [-0.1, -0.05) is 24.3 Å². The Labute approximate surface area is 162 Å². The number of thioether (sulfide) groups is 1. The predicted molar refractivity (Wildman–Crippen MR) is 109 cm³/mol. The normalized spacial score (nSPS) is 10.4. The molecule has 1 aromatic heterocycles. The lowest BCUT2D eigenvalue weighted by molar-refractivity contribution is -0.114. The molecule has 6 nitrogen and oxygen atoms in total. The summed E-state index contributed by atoms with van der Waals surface area (Å²) in [6.07, 6.45) is 3.50. The molecule has 2 aromatic carbocycles. The number of carbonyl (C=O) groups is 2. The largest absolute Gasteiger partial charge is 0.325 e. The number of nitrogens with zero attached hydrogens (tertiary/aromatic N) is 2. The van der Waals surface area contributed by atoms with Crippen molar-refractivity contribution >= 4 is 35.0 Å². The number of aryl methyl sites for hydroxylation is 1. The van der Waals surface area contributed by atoms with E-state index in [1.165, 1.54) is 11.8 Å². The van der Waals surface area contributed by atoms with E-state index in [2.05, 4.69) is 15.7 Å². The summed E-state index contributed by atoms with van der Waals surface area (Å²) in [5.74, 6) is 0.106. The van der Waals surface area contributed by atoms with E-state index in [4.69, 9.17) is 0 Å². The van der Waals surface area contributed by atoms with Crippen LogP contribution in [-0.2, 0) is 9.59 Å². The van der Waals surface area contributed by atoms with Gasteiger partial charge in [0.1, 0.15) is 0 Å². The van der Waals surface area contributed by atoms with Crippen LogP contribution >= 0.6 is 11.8 Å². The van der Waals surface area contributed by atoms with Crippen LogP contribution in [0.5, 0.6) is 0 Å². The molecule has 138 valence electrons. The summed E-state index contributed by atoms with van der Waals surface area (Å²) in [6.45, 7) is 1.97. The molecule has 3 rings (SSSR count). The molecule has 0 aliphatic carbocycles. The highest BCUT2D eigenvalue weighted by Gasteiger charge is 2.10. The van der Waals surface area contributed by atoms with Crippen molar-refractivity contribution in [3.05, 3.63) is 72.6 Å². The third kappa shape index (κ3) is 5.46. The van der Waals surface area contributed by atoms with Gasteiger partial charge in [0, 0.05) is 18.1 Å². The van der Waals surface area contributed by atoms with Gasteiger partial charge in [-0.05, 0) is 42.8 Å². The van der Waals surface area contributed by atoms with Crippen molar-refractivity contribution in [1.82, 2.24) is 9.78 Å². The number of nitrogens with one attached hydrogen (secondary N) is 2. The fraction of sp³-hybridized carbons (Fsp3) is 0.150. The number of rotatable bonds is 7. The van der Waals surface area contributed by atoms with Crippen LogP contribution in [0.2, 0.25) is 0 Å². The summed E-state index contributed by atoms with van der Waals surface area (Å²) in [7, 11) is 0. The molecule has 0 radical (unpaired) electrons. The molecule has 0 saturated carbocycles. The SMILES string of the molecule is Cc1cccc(NC(=O)CSCC(=O)Nc2ccccc2-n2cccn2)c1. The number of aromatic nitrogens is 2. The van der Waals surface area contributed by atoms with Crippen molar-refractivity contribution in [2.45, 2.75) is 6.92 Å². The lowest BCUT2D eigenvalue weighted by atomic mass is 10.2. The molecule has 3 aromatic rings. The summed E-state index contributed by atoms with van der Waals surface area (Å²) >= 11 is 1.27. The van der Waals surface area contributed by atoms with Gasteiger partial charge in [-0.3, -0.25) is 9.59 Å². The molecule has 1 heterocycles. The maximum Gasteiger partial charge on any atom is 0.234 e. The van der Waals surface area contributed by atoms with Crippen LogP contribution in [0.4, 0.5) is 11.4 Å². The van der Waals surface area contributed by atoms with Crippen molar-refractivity contribution in [2.24, 2.45) is 0 Å². The first-order chi connectivity index (χ1) is 13.1. The van der Waals surface area contributed by atoms with E-state index in [1.54, 1.807) is 10.9 Å². The number of hydrogen-bond acceptors (Lipinski definition) is 4. The van der Waals surface area contributed by atoms with Crippen LogP contribution in [0.25, 0.3) is 5.69 Å². The standard InChI is InChI=1S/C20H20N4O2S/c1-15-6-4-7-16(12-15)22-19(25)13-27-14-20(26)23-17-8-2-3-9-18(17)24-11-5-10-21-24/h2-12H,13-14H2,1H3,(H,22,25)(H,23,26). The van der Waals surface area contributed by atoms with Crippen LogP contribution in [0, 0.1) is 6.92 Å². The zero-order chi connectivity index (χ0) is 19.1. The summed E-state index contributed by atoms with van der Waals surface area (Å²) < 4.78 is 1.69. The fourth-order valence-electron chi connectivity index (χ4n) is 2.53. The Morgan fingerprint density at radius 2 is 1.78 bits per heavy atom. The summed E-state index contributed by atoms with van der Waals surface area (Å²) in [4.78, 5) is 24.2. The van der Waals surface area contributed by atoms with Crippen LogP contribution in [0.15, 0.2) is 67.0 Å². The van der Waals surface area contributed by atoms with E-state index in [9.17, 15) is 9.59 Å². The first-order valence-electron chi connectivity index (χ1n) is 8.45. The Bertz CT molecular complexity index is 925. The van der Waals surface area contributed by atoms with Crippen molar-refractivity contribution in [1.29, 1.82) is 0 Å². The Hall–Kier alpha value is -3.06. The molecule has 2 amide bonds. The minimum absolute atomic E-state index is 0.129. The molecule has 0 bridgehead atoms. The molecule has 0 atom stereocenters. The summed E-state index contributed by atoms with van der Waals surface area (Å²) in [6, 6.07) is 16.9. The number of para-hydroxylation sites is 2. The first kappa shape index (κ1) is 18.7. The van der Waals surface area contributed by atoms with Gasteiger partial charge in [0.2, 0.25) is 11.8 Å². The van der Waals surface area contributed by atoms with Gasteiger partial charge >= 0.3 is 0 Å². The highest BCUT2D eigenvalue weighted by atomic mass is 32.2. The molecule has 0 aliphatic heterocycles. The van der Waals surface area contributed by atoms with Gasteiger partial charge < -0.3 is 10.6 Å². The molecule has 27 heavy (non-hydrogen) atoms. The van der Waals surface area contributed by atoms with Gasteiger partial charge in [0.15, 0.2) is 0 Å². The molecule has 2 N–H and O–H groups in total. The maximum atomic E-state index is 12.2. The van der Waals surface area contributed by atoms with Gasteiger partial charge in [-0.25, -0.2) is 4.68 Å². The molecule has 7 heteroatoms. The van der Waals surface area contributed by atoms with Crippen LogP contribution in [0.3, 0.4) is 0 Å². The lowest BCUT2D eigenvalue weighted by Gasteiger charge is -2.11. The number of hydrogen-bond donors (Lipinski definition) is 2. The fourth-order valence-corrected chi connectivity index (χ4v) is 3.15. The smallest absolute Gasteiger partial charge is 0.234 e. The van der Waals surface area contributed by atoms with Crippen molar-refractivity contribution < 1.29 is 9.59 Å².